The van der Waals surface area contributed by atoms with Crippen molar-refractivity contribution in [1.82, 2.24) is 9.88 Å². The summed E-state index contributed by atoms with van der Waals surface area (Å²) in [7, 11) is 0. The average Bonchev–Trinajstić information content (AvgIpc) is 2.99. The van der Waals surface area contributed by atoms with Crippen molar-refractivity contribution in [2.45, 2.75) is 51.9 Å². The molecule has 0 bridgehead atoms. The highest BCUT2D eigenvalue weighted by molar-refractivity contribution is 5.91. The average molecular weight is 295 g/mol. The number of amides is 2. The summed E-state index contributed by atoms with van der Waals surface area (Å²) >= 11 is 0. The first-order chi connectivity index (χ1) is 10.1. The zero-order chi connectivity index (χ0) is 15.5. The van der Waals surface area contributed by atoms with Crippen LogP contribution in [0, 0.1) is 0 Å². The monoisotopic (exact) mass is 295 g/mol. The van der Waals surface area contributed by atoms with E-state index in [4.69, 9.17) is 10.2 Å². The second-order valence-electron chi connectivity index (χ2n) is 5.14. The molecule has 1 aromatic rings. The van der Waals surface area contributed by atoms with E-state index in [0.29, 0.717) is 13.1 Å². The third-order valence-corrected chi connectivity index (χ3v) is 3.34. The molecule has 0 saturated carbocycles. The third-order valence-electron chi connectivity index (χ3n) is 3.34. The number of unbranched alkanes of at least 4 members (excludes halogenated alkanes) is 5. The summed E-state index contributed by atoms with van der Waals surface area (Å²) in [4.78, 5) is 28.5. The van der Waals surface area contributed by atoms with Gasteiger partial charge in [-0.05, 0) is 6.42 Å². The van der Waals surface area contributed by atoms with E-state index >= 15 is 0 Å². The van der Waals surface area contributed by atoms with Gasteiger partial charge in [0.05, 0.1) is 6.20 Å². The normalized spacial score (nSPS) is 10.5. The van der Waals surface area contributed by atoms with Gasteiger partial charge in [0.1, 0.15) is 0 Å². The van der Waals surface area contributed by atoms with Gasteiger partial charge in [-0.3, -0.25) is 9.59 Å². The van der Waals surface area contributed by atoms with Crippen molar-refractivity contribution in [2.75, 3.05) is 13.1 Å². The molecule has 0 aliphatic rings. The predicted molar refractivity (Wildman–Crippen MR) is 79.6 cm³/mol. The molecule has 2 N–H and O–H groups in total. The highest BCUT2D eigenvalue weighted by Crippen LogP contribution is 2.09. The lowest BCUT2D eigenvalue weighted by Gasteiger charge is -2.20. The van der Waals surface area contributed by atoms with Crippen molar-refractivity contribution in [2.24, 2.45) is 5.73 Å². The number of rotatable bonds is 11. The molecule has 21 heavy (non-hydrogen) atoms. The second kappa shape index (κ2) is 9.96. The number of nitrogens with zero attached hydrogens (tertiary/aromatic N) is 2. The summed E-state index contributed by atoms with van der Waals surface area (Å²) in [6.07, 6.45) is 9.65. The molecule has 0 spiro atoms. The lowest BCUT2D eigenvalue weighted by Crippen LogP contribution is -2.34. The minimum Gasteiger partial charge on any atom is -0.438 e. The van der Waals surface area contributed by atoms with Crippen LogP contribution in [0.2, 0.25) is 0 Å². The Morgan fingerprint density at radius 2 is 1.90 bits per heavy atom. The molecule has 0 aromatic carbocycles. The van der Waals surface area contributed by atoms with E-state index in [9.17, 15) is 9.59 Å². The fourth-order valence-electron chi connectivity index (χ4n) is 2.12. The Kier molecular flexibility index (Phi) is 8.16. The molecule has 118 valence electrons. The number of nitrogens with two attached hydrogens (primary N) is 1. The summed E-state index contributed by atoms with van der Waals surface area (Å²) in [5.41, 5.74) is 5.16. The topological polar surface area (TPSA) is 89.4 Å². The van der Waals surface area contributed by atoms with Crippen molar-refractivity contribution < 1.29 is 14.0 Å². The van der Waals surface area contributed by atoms with Gasteiger partial charge in [0.15, 0.2) is 6.39 Å². The first kappa shape index (κ1) is 17.2. The first-order valence-corrected chi connectivity index (χ1v) is 7.61. The van der Waals surface area contributed by atoms with E-state index in [1.54, 1.807) is 4.90 Å². The van der Waals surface area contributed by atoms with Crippen molar-refractivity contribution in [3.05, 3.63) is 18.4 Å². The lowest BCUT2D eigenvalue weighted by atomic mass is 10.1. The molecule has 0 fully saturated rings. The van der Waals surface area contributed by atoms with Gasteiger partial charge in [-0.25, -0.2) is 4.98 Å². The molecule has 1 aromatic heterocycles. The van der Waals surface area contributed by atoms with Gasteiger partial charge in [-0.2, -0.15) is 0 Å². The van der Waals surface area contributed by atoms with Crippen LogP contribution in [-0.2, 0) is 4.79 Å². The van der Waals surface area contributed by atoms with Crippen LogP contribution in [0.5, 0.6) is 0 Å². The van der Waals surface area contributed by atoms with E-state index in [1.807, 2.05) is 0 Å². The molecule has 0 radical (unpaired) electrons. The lowest BCUT2D eigenvalue weighted by molar-refractivity contribution is -0.118. The fourth-order valence-corrected chi connectivity index (χ4v) is 2.12. The SMILES string of the molecule is CCCCCCCCN(CCC(N)=O)C(=O)c1cnco1. The number of carbonyl (C=O) groups excluding carboxylic acids is 2. The molecule has 6 heteroatoms. The highest BCUT2D eigenvalue weighted by Gasteiger charge is 2.18. The summed E-state index contributed by atoms with van der Waals surface area (Å²) in [5, 5.41) is 0. The maximum atomic E-state index is 12.2. The minimum absolute atomic E-state index is 0.162. The van der Waals surface area contributed by atoms with Crippen molar-refractivity contribution in [3.8, 4) is 0 Å². The van der Waals surface area contributed by atoms with E-state index in [1.165, 1.54) is 38.3 Å². The largest absolute Gasteiger partial charge is 0.438 e. The Labute approximate surface area is 125 Å². The van der Waals surface area contributed by atoms with E-state index in [-0.39, 0.29) is 18.1 Å². The highest BCUT2D eigenvalue weighted by atomic mass is 16.3. The maximum absolute atomic E-state index is 12.2. The first-order valence-electron chi connectivity index (χ1n) is 7.61. The van der Waals surface area contributed by atoms with Crippen LogP contribution in [0.1, 0.15) is 62.4 Å². The van der Waals surface area contributed by atoms with Crippen LogP contribution in [0.15, 0.2) is 17.0 Å². The quantitative estimate of drug-likeness (QED) is 0.634. The summed E-state index contributed by atoms with van der Waals surface area (Å²) in [6.45, 7) is 3.12. The molecule has 1 heterocycles. The van der Waals surface area contributed by atoms with Crippen LogP contribution in [0.4, 0.5) is 0 Å². The summed E-state index contributed by atoms with van der Waals surface area (Å²) in [6, 6.07) is 0. The number of primary amides is 1. The predicted octanol–water partition coefficient (Wildman–Crippen LogP) is 2.35. The Hall–Kier alpha value is -1.85. The van der Waals surface area contributed by atoms with Crippen LogP contribution < -0.4 is 5.73 Å². The number of carbonyl (C=O) groups is 2. The molecule has 1 rings (SSSR count). The number of oxazole rings is 1. The number of hydrogen-bond donors (Lipinski definition) is 1. The number of hydrogen-bond acceptors (Lipinski definition) is 4. The molecule has 0 aliphatic heterocycles. The van der Waals surface area contributed by atoms with Gasteiger partial charge in [0.25, 0.3) is 5.91 Å². The smallest absolute Gasteiger partial charge is 0.291 e. The van der Waals surface area contributed by atoms with Crippen LogP contribution in [0.25, 0.3) is 0 Å². The zero-order valence-corrected chi connectivity index (χ0v) is 12.7. The number of aromatic nitrogens is 1. The summed E-state index contributed by atoms with van der Waals surface area (Å²) in [5.74, 6) is -0.443. The molecule has 0 unspecified atom stereocenters. The van der Waals surface area contributed by atoms with Gasteiger partial charge in [0, 0.05) is 19.5 Å². The van der Waals surface area contributed by atoms with Gasteiger partial charge < -0.3 is 15.1 Å². The zero-order valence-electron chi connectivity index (χ0n) is 12.7. The van der Waals surface area contributed by atoms with Gasteiger partial charge >= 0.3 is 0 Å². The van der Waals surface area contributed by atoms with Gasteiger partial charge in [-0.1, -0.05) is 39.0 Å². The fraction of sp³-hybridized carbons (Fsp3) is 0.667. The minimum atomic E-state index is -0.409. The second-order valence-corrected chi connectivity index (χ2v) is 5.14. The molecular weight excluding hydrogens is 270 g/mol. The molecular formula is C15H25N3O3. The third kappa shape index (κ3) is 6.92. The van der Waals surface area contributed by atoms with Crippen molar-refractivity contribution in [1.29, 1.82) is 0 Å². The Morgan fingerprint density at radius 1 is 1.19 bits per heavy atom. The molecule has 0 aliphatic carbocycles. The molecule has 0 saturated heterocycles. The molecule has 2 amide bonds. The Morgan fingerprint density at radius 3 is 2.52 bits per heavy atom. The maximum Gasteiger partial charge on any atom is 0.291 e. The van der Waals surface area contributed by atoms with E-state index < -0.39 is 5.91 Å². The van der Waals surface area contributed by atoms with Crippen LogP contribution >= 0.6 is 0 Å². The molecule has 6 nitrogen and oxygen atoms in total. The Balaban J connectivity index is 2.41. The Bertz CT molecular complexity index is 418. The standard InChI is InChI=1S/C15H25N3O3/c1-2-3-4-5-6-7-9-18(10-8-14(16)19)15(20)13-11-17-12-21-13/h11-12H,2-10H2,1H3,(H2,16,19). The van der Waals surface area contributed by atoms with Crippen LogP contribution in [0.3, 0.4) is 0 Å². The molecule has 0 atom stereocenters. The van der Waals surface area contributed by atoms with Crippen molar-refractivity contribution >= 4 is 11.8 Å². The van der Waals surface area contributed by atoms with Gasteiger partial charge in [-0.15, -0.1) is 0 Å². The van der Waals surface area contributed by atoms with E-state index in [2.05, 4.69) is 11.9 Å². The van der Waals surface area contributed by atoms with Crippen molar-refractivity contribution in [3.63, 3.8) is 0 Å². The van der Waals surface area contributed by atoms with Crippen LogP contribution in [-0.4, -0.2) is 34.8 Å². The van der Waals surface area contributed by atoms with Gasteiger partial charge in [0.2, 0.25) is 11.7 Å². The summed E-state index contributed by atoms with van der Waals surface area (Å²) < 4.78 is 5.02. The van der Waals surface area contributed by atoms with E-state index in [0.717, 1.165) is 12.8 Å².